The molecule has 0 N–H and O–H groups in total. The van der Waals surface area contributed by atoms with Crippen LogP contribution in [-0.4, -0.2) is 45.7 Å². The van der Waals surface area contributed by atoms with Crippen molar-refractivity contribution in [2.24, 2.45) is 0 Å². The van der Waals surface area contributed by atoms with Crippen molar-refractivity contribution in [1.82, 2.24) is 19.7 Å². The van der Waals surface area contributed by atoms with Gasteiger partial charge < -0.3 is 9.80 Å². The summed E-state index contributed by atoms with van der Waals surface area (Å²) in [7, 11) is 1.86. The van der Waals surface area contributed by atoms with Gasteiger partial charge in [0.2, 0.25) is 0 Å². The summed E-state index contributed by atoms with van der Waals surface area (Å²) in [5.41, 5.74) is 4.00. The van der Waals surface area contributed by atoms with Crippen molar-refractivity contribution < 1.29 is 4.79 Å². The topological polar surface area (TPSA) is 54.3 Å². The van der Waals surface area contributed by atoms with Gasteiger partial charge in [-0.1, -0.05) is 18.2 Å². The lowest BCUT2D eigenvalue weighted by Crippen LogP contribution is -2.32. The van der Waals surface area contributed by atoms with Gasteiger partial charge in [-0.3, -0.25) is 4.79 Å². The summed E-state index contributed by atoms with van der Waals surface area (Å²) in [5.74, 6) is 0.0126. The van der Waals surface area contributed by atoms with Crippen molar-refractivity contribution in [1.29, 1.82) is 0 Å². The molecule has 1 aliphatic rings. The van der Waals surface area contributed by atoms with Gasteiger partial charge in [-0.05, 0) is 55.2 Å². The first-order valence-electron chi connectivity index (χ1n) is 9.76. The van der Waals surface area contributed by atoms with Crippen molar-refractivity contribution in [3.63, 3.8) is 0 Å². The molecule has 28 heavy (non-hydrogen) atoms. The molecule has 1 amide bonds. The Bertz CT molecular complexity index is 914. The molecule has 0 radical (unpaired) electrons. The lowest BCUT2D eigenvalue weighted by molar-refractivity contribution is 0.0785. The second-order valence-electron chi connectivity index (χ2n) is 7.22. The van der Waals surface area contributed by atoms with Crippen LogP contribution in [0.4, 0.5) is 5.69 Å². The zero-order chi connectivity index (χ0) is 19.3. The van der Waals surface area contributed by atoms with Crippen molar-refractivity contribution in [3.05, 3.63) is 72.3 Å². The van der Waals surface area contributed by atoms with E-state index in [-0.39, 0.29) is 5.91 Å². The van der Waals surface area contributed by atoms with Gasteiger partial charge in [0.15, 0.2) is 0 Å². The summed E-state index contributed by atoms with van der Waals surface area (Å²) in [5, 5.41) is 4.11. The third-order valence-electron chi connectivity index (χ3n) is 5.24. The minimum atomic E-state index is 0.0126. The highest BCUT2D eigenvalue weighted by atomic mass is 16.2. The average Bonchev–Trinajstić information content (AvgIpc) is 3.29. The van der Waals surface area contributed by atoms with Crippen LogP contribution in [0, 0.1) is 0 Å². The van der Waals surface area contributed by atoms with Gasteiger partial charge in [0, 0.05) is 37.9 Å². The van der Waals surface area contributed by atoms with Crippen molar-refractivity contribution in [3.8, 4) is 5.69 Å². The average molecular weight is 375 g/mol. The number of amides is 1. The number of hydrogen-bond acceptors (Lipinski definition) is 4. The number of aromatic nitrogens is 3. The monoisotopic (exact) mass is 375 g/mol. The first kappa shape index (κ1) is 18.2. The summed E-state index contributed by atoms with van der Waals surface area (Å²) >= 11 is 0. The Morgan fingerprint density at radius 1 is 1.04 bits per heavy atom. The van der Waals surface area contributed by atoms with E-state index in [1.54, 1.807) is 15.9 Å². The van der Waals surface area contributed by atoms with E-state index < -0.39 is 0 Å². The van der Waals surface area contributed by atoms with Crippen LogP contribution >= 0.6 is 0 Å². The first-order valence-corrected chi connectivity index (χ1v) is 9.76. The standard InChI is InChI=1S/C22H25N5O/c1-25(15-19-7-3-4-8-21(19)26-13-5-2-6-14-26)22(28)18-9-11-20(12-10-18)27-17-23-16-24-27/h3-4,7-12,16-17H,2,5-6,13-15H2,1H3. The molecular formula is C22H25N5O. The largest absolute Gasteiger partial charge is 0.371 e. The lowest BCUT2D eigenvalue weighted by Gasteiger charge is -2.31. The van der Waals surface area contributed by atoms with Crippen LogP contribution in [0.15, 0.2) is 61.2 Å². The Morgan fingerprint density at radius 3 is 2.50 bits per heavy atom. The van der Waals surface area contributed by atoms with Crippen LogP contribution in [0.25, 0.3) is 5.69 Å². The zero-order valence-corrected chi connectivity index (χ0v) is 16.2. The number of para-hydroxylation sites is 1. The Hall–Kier alpha value is -3.15. The molecule has 4 rings (SSSR count). The lowest BCUT2D eigenvalue weighted by atomic mass is 10.1. The van der Waals surface area contributed by atoms with E-state index in [2.05, 4.69) is 33.2 Å². The van der Waals surface area contributed by atoms with E-state index in [0.29, 0.717) is 12.1 Å². The molecule has 6 heteroatoms. The van der Waals surface area contributed by atoms with Crippen LogP contribution in [-0.2, 0) is 6.54 Å². The maximum atomic E-state index is 12.9. The summed E-state index contributed by atoms with van der Waals surface area (Å²) in [6.45, 7) is 2.78. The molecule has 2 heterocycles. The van der Waals surface area contributed by atoms with Crippen LogP contribution in [0.1, 0.15) is 35.2 Å². The van der Waals surface area contributed by atoms with Gasteiger partial charge in [-0.2, -0.15) is 5.10 Å². The molecular weight excluding hydrogens is 350 g/mol. The Kier molecular flexibility index (Phi) is 5.37. The first-order chi connectivity index (χ1) is 13.7. The summed E-state index contributed by atoms with van der Waals surface area (Å²) in [6.07, 6.45) is 6.91. The fraction of sp³-hybridized carbons (Fsp3) is 0.318. The Balaban J connectivity index is 1.48. The van der Waals surface area contributed by atoms with E-state index in [4.69, 9.17) is 0 Å². The van der Waals surface area contributed by atoms with E-state index in [9.17, 15) is 4.79 Å². The predicted octanol–water partition coefficient (Wildman–Crippen LogP) is 3.53. The van der Waals surface area contributed by atoms with Gasteiger partial charge in [0.1, 0.15) is 12.7 Å². The molecule has 0 aliphatic carbocycles. The smallest absolute Gasteiger partial charge is 0.253 e. The molecule has 0 bridgehead atoms. The molecule has 1 fully saturated rings. The van der Waals surface area contributed by atoms with Crippen LogP contribution in [0.5, 0.6) is 0 Å². The number of benzene rings is 2. The normalized spacial score (nSPS) is 14.1. The second kappa shape index (κ2) is 8.25. The van der Waals surface area contributed by atoms with Gasteiger partial charge in [0.25, 0.3) is 5.91 Å². The molecule has 6 nitrogen and oxygen atoms in total. The van der Waals surface area contributed by atoms with E-state index in [1.165, 1.54) is 36.8 Å². The Morgan fingerprint density at radius 2 is 1.79 bits per heavy atom. The number of piperidine rings is 1. The van der Waals surface area contributed by atoms with E-state index >= 15 is 0 Å². The third kappa shape index (κ3) is 3.91. The van der Waals surface area contributed by atoms with Gasteiger partial charge in [-0.25, -0.2) is 9.67 Å². The highest BCUT2D eigenvalue weighted by Gasteiger charge is 2.17. The highest BCUT2D eigenvalue weighted by Crippen LogP contribution is 2.25. The number of anilines is 1. The zero-order valence-electron chi connectivity index (χ0n) is 16.2. The molecule has 0 saturated carbocycles. The van der Waals surface area contributed by atoms with E-state index in [1.807, 2.05) is 37.4 Å². The number of carbonyl (C=O) groups is 1. The van der Waals surface area contributed by atoms with Crippen molar-refractivity contribution >= 4 is 11.6 Å². The molecule has 1 saturated heterocycles. The molecule has 144 valence electrons. The predicted molar refractivity (Wildman–Crippen MR) is 110 cm³/mol. The van der Waals surface area contributed by atoms with Gasteiger partial charge in [-0.15, -0.1) is 0 Å². The van der Waals surface area contributed by atoms with Gasteiger partial charge >= 0.3 is 0 Å². The van der Waals surface area contributed by atoms with Crippen LogP contribution in [0.3, 0.4) is 0 Å². The minimum Gasteiger partial charge on any atom is -0.371 e. The summed E-state index contributed by atoms with van der Waals surface area (Å²) in [6, 6.07) is 15.9. The number of carbonyl (C=O) groups excluding carboxylic acids is 1. The summed E-state index contributed by atoms with van der Waals surface area (Å²) < 4.78 is 1.67. The fourth-order valence-corrected chi connectivity index (χ4v) is 3.73. The van der Waals surface area contributed by atoms with Gasteiger partial charge in [0.05, 0.1) is 5.69 Å². The van der Waals surface area contributed by atoms with Crippen molar-refractivity contribution in [2.45, 2.75) is 25.8 Å². The molecule has 1 aliphatic heterocycles. The molecule has 1 aromatic heterocycles. The maximum absolute atomic E-state index is 12.9. The quantitative estimate of drug-likeness (QED) is 0.685. The fourth-order valence-electron chi connectivity index (χ4n) is 3.73. The van der Waals surface area contributed by atoms with Crippen LogP contribution < -0.4 is 4.90 Å². The molecule has 3 aromatic rings. The number of hydrogen-bond donors (Lipinski definition) is 0. The maximum Gasteiger partial charge on any atom is 0.253 e. The number of rotatable bonds is 5. The third-order valence-corrected chi connectivity index (χ3v) is 5.24. The van der Waals surface area contributed by atoms with E-state index in [0.717, 1.165) is 18.8 Å². The molecule has 2 aromatic carbocycles. The highest BCUT2D eigenvalue weighted by molar-refractivity contribution is 5.94. The molecule has 0 spiro atoms. The molecule has 0 atom stereocenters. The SMILES string of the molecule is CN(Cc1ccccc1N1CCCCC1)C(=O)c1ccc(-n2cncn2)cc1. The van der Waals surface area contributed by atoms with Crippen LogP contribution in [0.2, 0.25) is 0 Å². The second-order valence-corrected chi connectivity index (χ2v) is 7.22. The summed E-state index contributed by atoms with van der Waals surface area (Å²) in [4.78, 5) is 21.1. The van der Waals surface area contributed by atoms with Crippen molar-refractivity contribution in [2.75, 3.05) is 25.0 Å². The minimum absolute atomic E-state index is 0.0126. The Labute approximate surface area is 165 Å². The molecule has 0 unspecified atom stereocenters. The number of nitrogens with zero attached hydrogens (tertiary/aromatic N) is 5.